The Morgan fingerprint density at radius 1 is 1.09 bits per heavy atom. The van der Waals surface area contributed by atoms with E-state index in [4.69, 9.17) is 9.47 Å². The zero-order valence-corrected chi connectivity index (χ0v) is 18.7. The molecule has 0 saturated carbocycles. The van der Waals surface area contributed by atoms with E-state index in [2.05, 4.69) is 15.0 Å². The highest BCUT2D eigenvalue weighted by Gasteiger charge is 2.48. The number of Topliss-reactive ketones (excluding diaryl/α,β-unsaturated/α-hetero) is 1. The molecule has 1 amide bonds. The molecule has 1 unspecified atom stereocenters. The predicted molar refractivity (Wildman–Crippen MR) is 125 cm³/mol. The van der Waals surface area contributed by atoms with Crippen molar-refractivity contribution in [3.8, 4) is 11.5 Å². The Kier molecular flexibility index (Phi) is 5.40. The summed E-state index contributed by atoms with van der Waals surface area (Å²) in [4.78, 5) is 39.3. The lowest BCUT2D eigenvalue weighted by Crippen LogP contribution is -2.30. The van der Waals surface area contributed by atoms with Crippen molar-refractivity contribution in [3.63, 3.8) is 0 Å². The second kappa shape index (κ2) is 8.56. The molecule has 2 aromatic heterocycles. The molecule has 0 aliphatic carbocycles. The summed E-state index contributed by atoms with van der Waals surface area (Å²) < 4.78 is 24.1. The first-order valence-corrected chi connectivity index (χ1v) is 10.5. The first kappa shape index (κ1) is 22.1. The van der Waals surface area contributed by atoms with E-state index in [1.165, 1.54) is 37.4 Å². The SMILES string of the molecule is COc1cc2nc(N3C(=O)C(=O)/C(=C(/O)c4ccc(F)cc4)C3c3cccnc3)[nH]c2cc1OC. The van der Waals surface area contributed by atoms with Gasteiger partial charge in [0.15, 0.2) is 11.5 Å². The highest BCUT2D eigenvalue weighted by atomic mass is 19.1. The van der Waals surface area contributed by atoms with Gasteiger partial charge >= 0.3 is 5.91 Å². The lowest BCUT2D eigenvalue weighted by Gasteiger charge is -2.22. The molecule has 9 nitrogen and oxygen atoms in total. The van der Waals surface area contributed by atoms with Crippen LogP contribution in [0, 0.1) is 5.82 Å². The monoisotopic (exact) mass is 474 g/mol. The van der Waals surface area contributed by atoms with E-state index in [-0.39, 0.29) is 17.1 Å². The molecule has 4 aromatic rings. The fourth-order valence-electron chi connectivity index (χ4n) is 4.10. The van der Waals surface area contributed by atoms with Crippen LogP contribution in [0.1, 0.15) is 17.2 Å². The van der Waals surface area contributed by atoms with Crippen LogP contribution in [0.4, 0.5) is 10.3 Å². The van der Waals surface area contributed by atoms with Crippen LogP contribution in [0.5, 0.6) is 11.5 Å². The lowest BCUT2D eigenvalue weighted by atomic mass is 9.96. The number of amides is 1. The lowest BCUT2D eigenvalue weighted by molar-refractivity contribution is -0.132. The number of carbonyl (C=O) groups is 2. The van der Waals surface area contributed by atoms with Crippen molar-refractivity contribution in [2.45, 2.75) is 6.04 Å². The van der Waals surface area contributed by atoms with Gasteiger partial charge in [0.05, 0.1) is 36.9 Å². The maximum atomic E-state index is 13.4. The average Bonchev–Trinajstić information content (AvgIpc) is 3.41. The molecule has 35 heavy (non-hydrogen) atoms. The number of imidazole rings is 1. The Morgan fingerprint density at radius 3 is 2.46 bits per heavy atom. The number of ether oxygens (including phenoxy) is 2. The number of aliphatic hydroxyl groups excluding tert-OH is 1. The number of nitrogens with one attached hydrogen (secondary N) is 1. The second-order valence-electron chi connectivity index (χ2n) is 7.75. The van der Waals surface area contributed by atoms with Crippen LogP contribution < -0.4 is 14.4 Å². The van der Waals surface area contributed by atoms with Gasteiger partial charge in [0.25, 0.3) is 5.78 Å². The van der Waals surface area contributed by atoms with Crippen molar-refractivity contribution in [1.82, 2.24) is 15.0 Å². The van der Waals surface area contributed by atoms with E-state index in [9.17, 15) is 19.1 Å². The predicted octanol–water partition coefficient (Wildman–Crippen LogP) is 3.74. The normalized spacial score (nSPS) is 17.2. The molecule has 1 aliphatic rings. The van der Waals surface area contributed by atoms with Crippen LogP contribution in [0.25, 0.3) is 16.8 Å². The molecule has 3 heterocycles. The summed E-state index contributed by atoms with van der Waals surface area (Å²) in [7, 11) is 2.99. The van der Waals surface area contributed by atoms with E-state index in [0.29, 0.717) is 28.1 Å². The zero-order chi connectivity index (χ0) is 24.7. The van der Waals surface area contributed by atoms with Crippen LogP contribution >= 0.6 is 0 Å². The third-order valence-corrected chi connectivity index (χ3v) is 5.77. The van der Waals surface area contributed by atoms with Crippen molar-refractivity contribution < 1.29 is 28.6 Å². The van der Waals surface area contributed by atoms with Crippen LogP contribution in [-0.2, 0) is 9.59 Å². The highest BCUT2D eigenvalue weighted by molar-refractivity contribution is 6.51. The van der Waals surface area contributed by atoms with Gasteiger partial charge in [-0.1, -0.05) is 6.07 Å². The van der Waals surface area contributed by atoms with Crippen molar-refractivity contribution in [3.05, 3.63) is 83.4 Å². The molecule has 1 aliphatic heterocycles. The maximum absolute atomic E-state index is 13.4. The number of ketones is 1. The molecule has 2 aromatic carbocycles. The fraction of sp³-hybridized carbons (Fsp3) is 0.120. The number of hydrogen-bond acceptors (Lipinski definition) is 7. The first-order chi connectivity index (χ1) is 16.9. The van der Waals surface area contributed by atoms with Crippen molar-refractivity contribution >= 4 is 34.4 Å². The minimum Gasteiger partial charge on any atom is -0.507 e. The number of aromatic nitrogens is 3. The maximum Gasteiger partial charge on any atom is 0.302 e. The van der Waals surface area contributed by atoms with Crippen LogP contribution in [-0.4, -0.2) is 46.0 Å². The number of H-pyrrole nitrogens is 1. The smallest absolute Gasteiger partial charge is 0.302 e. The largest absolute Gasteiger partial charge is 0.507 e. The number of aromatic amines is 1. The topological polar surface area (TPSA) is 118 Å². The molecule has 1 atom stereocenters. The average molecular weight is 474 g/mol. The van der Waals surface area contributed by atoms with Crippen molar-refractivity contribution in [2.24, 2.45) is 0 Å². The minimum atomic E-state index is -1.03. The molecule has 1 fully saturated rings. The number of methoxy groups -OCH3 is 2. The van der Waals surface area contributed by atoms with Gasteiger partial charge in [-0.3, -0.25) is 19.5 Å². The number of nitrogens with zero attached hydrogens (tertiary/aromatic N) is 3. The molecule has 0 bridgehead atoms. The van der Waals surface area contributed by atoms with Gasteiger partial charge < -0.3 is 19.6 Å². The van der Waals surface area contributed by atoms with Crippen LogP contribution in [0.3, 0.4) is 0 Å². The minimum absolute atomic E-state index is 0.0874. The molecular weight excluding hydrogens is 455 g/mol. The van der Waals surface area contributed by atoms with Crippen molar-refractivity contribution in [2.75, 3.05) is 19.1 Å². The number of fused-ring (bicyclic) bond motifs is 1. The van der Waals surface area contributed by atoms with E-state index in [1.807, 2.05) is 0 Å². The summed E-state index contributed by atoms with van der Waals surface area (Å²) in [6.45, 7) is 0. The van der Waals surface area contributed by atoms with Gasteiger partial charge in [-0.05, 0) is 35.9 Å². The molecular formula is C25H19FN4O5. The number of hydrogen-bond donors (Lipinski definition) is 2. The molecule has 176 valence electrons. The van der Waals surface area contributed by atoms with Crippen molar-refractivity contribution in [1.29, 1.82) is 0 Å². The van der Waals surface area contributed by atoms with Gasteiger partial charge in [0, 0.05) is 30.1 Å². The van der Waals surface area contributed by atoms with Crippen LogP contribution in [0.2, 0.25) is 0 Å². The molecule has 1 saturated heterocycles. The third kappa shape index (κ3) is 3.65. The van der Waals surface area contributed by atoms with E-state index in [0.717, 1.165) is 12.1 Å². The first-order valence-electron chi connectivity index (χ1n) is 10.5. The van der Waals surface area contributed by atoms with Gasteiger partial charge in [0.1, 0.15) is 11.6 Å². The number of rotatable bonds is 5. The summed E-state index contributed by atoms with van der Waals surface area (Å²) in [6, 6.07) is 10.6. The Hall–Kier alpha value is -4.73. The Balaban J connectivity index is 1.71. The highest BCUT2D eigenvalue weighted by Crippen LogP contribution is 2.42. The Labute approximate surface area is 198 Å². The van der Waals surface area contributed by atoms with E-state index < -0.39 is 29.3 Å². The van der Waals surface area contributed by atoms with Crippen LogP contribution in [0.15, 0.2) is 66.5 Å². The van der Waals surface area contributed by atoms with Gasteiger partial charge in [-0.25, -0.2) is 9.37 Å². The molecule has 5 rings (SSSR count). The van der Waals surface area contributed by atoms with Gasteiger partial charge in [-0.2, -0.15) is 0 Å². The number of pyridine rings is 1. The molecule has 0 radical (unpaired) electrons. The molecule has 0 spiro atoms. The quantitative estimate of drug-likeness (QED) is 0.257. The second-order valence-corrected chi connectivity index (χ2v) is 7.75. The third-order valence-electron chi connectivity index (χ3n) is 5.77. The number of halogens is 1. The molecule has 2 N–H and O–H groups in total. The zero-order valence-electron chi connectivity index (χ0n) is 18.7. The van der Waals surface area contributed by atoms with E-state index >= 15 is 0 Å². The van der Waals surface area contributed by atoms with E-state index in [1.54, 1.807) is 30.5 Å². The standard InChI is InChI=1S/C25H19FN4O5/c1-34-18-10-16-17(11-19(18)35-2)29-25(28-16)30-21(14-4-3-9-27-12-14)20(23(32)24(30)33)22(31)13-5-7-15(26)8-6-13/h3-12,21,31H,1-2H3,(H,28,29)/b22-20+. The fourth-order valence-corrected chi connectivity index (χ4v) is 4.10. The number of benzene rings is 2. The Morgan fingerprint density at radius 2 is 1.80 bits per heavy atom. The summed E-state index contributed by atoms with van der Waals surface area (Å²) in [5.74, 6) is -1.74. The number of anilines is 1. The van der Waals surface area contributed by atoms with Gasteiger partial charge in [-0.15, -0.1) is 0 Å². The molecule has 10 heteroatoms. The van der Waals surface area contributed by atoms with Gasteiger partial charge in [0.2, 0.25) is 5.95 Å². The summed E-state index contributed by atoms with van der Waals surface area (Å²) >= 11 is 0. The summed E-state index contributed by atoms with van der Waals surface area (Å²) in [5, 5.41) is 11.0. The Bertz CT molecular complexity index is 1440. The summed E-state index contributed by atoms with van der Waals surface area (Å²) in [6.07, 6.45) is 3.05. The number of carbonyl (C=O) groups excluding carboxylic acids is 2. The number of aliphatic hydroxyl groups is 1. The summed E-state index contributed by atoms with van der Waals surface area (Å²) in [5.41, 5.74) is 1.53.